The summed E-state index contributed by atoms with van der Waals surface area (Å²) in [6.07, 6.45) is 7.52. The van der Waals surface area contributed by atoms with E-state index in [1.807, 2.05) is 0 Å². The van der Waals surface area contributed by atoms with Gasteiger partial charge in [-0.15, -0.1) is 0 Å². The van der Waals surface area contributed by atoms with Crippen molar-refractivity contribution in [3.05, 3.63) is 11.3 Å². The van der Waals surface area contributed by atoms with E-state index < -0.39 is 8.07 Å². The zero-order valence-electron chi connectivity index (χ0n) is 11.5. The highest BCUT2D eigenvalue weighted by Crippen LogP contribution is 2.36. The molecule has 0 aromatic rings. The summed E-state index contributed by atoms with van der Waals surface area (Å²) in [5.41, 5.74) is -0.0564. The molecular weight excluding hydrogens is 212 g/mol. The fraction of sp³-hybridized carbons (Fsp3) is 0.786. The van der Waals surface area contributed by atoms with E-state index in [9.17, 15) is 4.79 Å². The summed E-state index contributed by atoms with van der Waals surface area (Å²) in [7, 11) is -1.15. The average Bonchev–Trinajstić information content (AvgIpc) is 2.18. The van der Waals surface area contributed by atoms with Crippen LogP contribution in [0, 0.1) is 5.41 Å². The first kappa shape index (κ1) is 13.7. The van der Waals surface area contributed by atoms with Crippen molar-refractivity contribution < 1.29 is 4.79 Å². The highest BCUT2D eigenvalue weighted by Gasteiger charge is 2.34. The van der Waals surface area contributed by atoms with Gasteiger partial charge in [-0.05, 0) is 26.2 Å². The second-order valence-corrected chi connectivity index (χ2v) is 11.8. The van der Waals surface area contributed by atoms with E-state index in [-0.39, 0.29) is 5.41 Å². The lowest BCUT2D eigenvalue weighted by atomic mass is 9.72. The second kappa shape index (κ2) is 4.87. The maximum absolute atomic E-state index is 12.0. The van der Waals surface area contributed by atoms with Gasteiger partial charge in [0, 0.05) is 11.8 Å². The van der Waals surface area contributed by atoms with Crippen LogP contribution < -0.4 is 0 Å². The summed E-state index contributed by atoms with van der Waals surface area (Å²) in [5, 5.41) is 1.53. The minimum Gasteiger partial charge on any atom is -0.299 e. The Morgan fingerprint density at radius 1 is 1.38 bits per heavy atom. The molecule has 2 heteroatoms. The van der Waals surface area contributed by atoms with Crippen molar-refractivity contribution in [2.24, 2.45) is 5.41 Å². The number of ketones is 1. The van der Waals surface area contributed by atoms with Crippen LogP contribution in [-0.2, 0) is 4.79 Å². The Kier molecular flexibility index (Phi) is 4.16. The number of carbonyl (C=O) groups excluding carboxylic acids is 1. The summed E-state index contributed by atoms with van der Waals surface area (Å²) in [6.45, 7) is 11.5. The molecule has 16 heavy (non-hydrogen) atoms. The van der Waals surface area contributed by atoms with E-state index in [0.29, 0.717) is 5.78 Å². The van der Waals surface area contributed by atoms with Crippen molar-refractivity contribution in [3.8, 4) is 0 Å². The third-order valence-corrected chi connectivity index (χ3v) is 6.67. The van der Waals surface area contributed by atoms with Crippen LogP contribution in [0.3, 0.4) is 0 Å². The first-order chi connectivity index (χ1) is 7.26. The van der Waals surface area contributed by atoms with Gasteiger partial charge in [-0.25, -0.2) is 0 Å². The Hall–Kier alpha value is -0.373. The molecule has 0 aromatic carbocycles. The molecule has 1 nitrogen and oxygen atoms in total. The van der Waals surface area contributed by atoms with Crippen LogP contribution in [-0.4, -0.2) is 13.9 Å². The highest BCUT2D eigenvalue weighted by molar-refractivity contribution is 6.82. The van der Waals surface area contributed by atoms with E-state index in [1.54, 1.807) is 0 Å². The molecule has 0 spiro atoms. The topological polar surface area (TPSA) is 17.1 Å². The van der Waals surface area contributed by atoms with Crippen LogP contribution in [0.5, 0.6) is 0 Å². The van der Waals surface area contributed by atoms with Gasteiger partial charge in [0.05, 0.1) is 8.07 Å². The van der Waals surface area contributed by atoms with Crippen molar-refractivity contribution in [3.63, 3.8) is 0 Å². The zero-order chi connectivity index (χ0) is 12.4. The molecule has 0 N–H and O–H groups in total. The van der Waals surface area contributed by atoms with E-state index >= 15 is 0 Å². The van der Waals surface area contributed by atoms with E-state index in [2.05, 4.69) is 39.6 Å². The summed E-state index contributed by atoms with van der Waals surface area (Å²) in [4.78, 5) is 12.0. The van der Waals surface area contributed by atoms with Crippen LogP contribution in [0.4, 0.5) is 0 Å². The van der Waals surface area contributed by atoms with Crippen molar-refractivity contribution in [1.29, 1.82) is 0 Å². The zero-order valence-corrected chi connectivity index (χ0v) is 12.5. The first-order valence-corrected chi connectivity index (χ1v) is 9.96. The molecule has 0 radical (unpaired) electrons. The second-order valence-electron chi connectivity index (χ2n) is 6.53. The van der Waals surface area contributed by atoms with E-state index in [1.165, 1.54) is 11.6 Å². The van der Waals surface area contributed by atoms with E-state index in [4.69, 9.17) is 0 Å². The summed E-state index contributed by atoms with van der Waals surface area (Å²) in [5.74, 6) is 0.485. The molecule has 0 amide bonds. The van der Waals surface area contributed by atoms with Crippen molar-refractivity contribution >= 4 is 13.9 Å². The molecule has 0 aromatic heterocycles. The quantitative estimate of drug-likeness (QED) is 0.668. The van der Waals surface area contributed by atoms with Crippen molar-refractivity contribution in [2.75, 3.05) is 0 Å². The lowest BCUT2D eigenvalue weighted by molar-refractivity contribution is -0.130. The van der Waals surface area contributed by atoms with Gasteiger partial charge in [-0.2, -0.15) is 0 Å². The molecule has 0 bridgehead atoms. The predicted octanol–water partition coefficient (Wildman–Crippen LogP) is 4.35. The SMILES string of the molecule is C/C(=C\CC1(C)CCCCC1=O)[Si](C)(C)C. The molecule has 92 valence electrons. The third kappa shape index (κ3) is 3.31. The van der Waals surface area contributed by atoms with Crippen LogP contribution >= 0.6 is 0 Å². The molecule has 1 atom stereocenters. The van der Waals surface area contributed by atoms with Crippen molar-refractivity contribution in [2.45, 2.75) is 65.6 Å². The summed E-state index contributed by atoms with van der Waals surface area (Å²) >= 11 is 0. The average molecular weight is 238 g/mol. The number of hydrogen-bond acceptors (Lipinski definition) is 1. The number of rotatable bonds is 3. The van der Waals surface area contributed by atoms with Gasteiger partial charge in [0.2, 0.25) is 0 Å². The Bertz CT molecular complexity index is 298. The number of allylic oxidation sites excluding steroid dienone is 2. The molecule has 0 aliphatic heterocycles. The normalized spacial score (nSPS) is 28.3. The van der Waals surface area contributed by atoms with Crippen LogP contribution in [0.2, 0.25) is 19.6 Å². The molecule has 1 unspecified atom stereocenters. The lowest BCUT2D eigenvalue weighted by Crippen LogP contribution is -2.31. The lowest BCUT2D eigenvalue weighted by Gasteiger charge is -2.31. The number of carbonyl (C=O) groups is 1. The molecule has 0 heterocycles. The van der Waals surface area contributed by atoms with Gasteiger partial charge in [-0.1, -0.05) is 44.3 Å². The Morgan fingerprint density at radius 3 is 2.50 bits per heavy atom. The van der Waals surface area contributed by atoms with Gasteiger partial charge in [0.1, 0.15) is 5.78 Å². The minimum atomic E-state index is -1.15. The molecule has 1 rings (SSSR count). The van der Waals surface area contributed by atoms with Crippen LogP contribution in [0.1, 0.15) is 46.0 Å². The smallest absolute Gasteiger partial charge is 0.139 e. The molecule has 0 saturated heterocycles. The maximum atomic E-state index is 12.0. The Balaban J connectivity index is 2.69. The molecular formula is C14H26OSi. The molecule has 1 aliphatic carbocycles. The minimum absolute atomic E-state index is 0.0564. The largest absolute Gasteiger partial charge is 0.299 e. The van der Waals surface area contributed by atoms with E-state index in [0.717, 1.165) is 25.7 Å². The highest BCUT2D eigenvalue weighted by atomic mass is 28.3. The van der Waals surface area contributed by atoms with Gasteiger partial charge < -0.3 is 0 Å². The van der Waals surface area contributed by atoms with Crippen molar-refractivity contribution in [1.82, 2.24) is 0 Å². The Labute approximate surface area is 101 Å². The van der Waals surface area contributed by atoms with Crippen LogP contribution in [0.25, 0.3) is 0 Å². The van der Waals surface area contributed by atoms with Gasteiger partial charge >= 0.3 is 0 Å². The number of Topliss-reactive ketones (excluding diaryl/α,β-unsaturated/α-hetero) is 1. The third-order valence-electron chi connectivity index (χ3n) is 4.10. The molecule has 1 fully saturated rings. The molecule has 1 aliphatic rings. The fourth-order valence-electron chi connectivity index (χ4n) is 2.14. The standard InChI is InChI=1S/C14H26OSi/c1-12(16(3,4)5)9-11-14(2)10-7-6-8-13(14)15/h9H,6-8,10-11H2,1-5H3/b12-9+. The van der Waals surface area contributed by atoms with Gasteiger partial charge in [0.15, 0.2) is 0 Å². The van der Waals surface area contributed by atoms with Gasteiger partial charge in [-0.3, -0.25) is 4.79 Å². The maximum Gasteiger partial charge on any atom is 0.139 e. The summed E-state index contributed by atoms with van der Waals surface area (Å²) < 4.78 is 0. The number of hydrogen-bond donors (Lipinski definition) is 0. The Morgan fingerprint density at radius 2 is 2.00 bits per heavy atom. The van der Waals surface area contributed by atoms with Crippen LogP contribution in [0.15, 0.2) is 11.3 Å². The predicted molar refractivity (Wildman–Crippen MR) is 73.3 cm³/mol. The fourth-order valence-corrected chi connectivity index (χ4v) is 2.86. The monoisotopic (exact) mass is 238 g/mol. The molecule has 1 saturated carbocycles. The first-order valence-electron chi connectivity index (χ1n) is 6.46. The van der Waals surface area contributed by atoms with Gasteiger partial charge in [0.25, 0.3) is 0 Å². The summed E-state index contributed by atoms with van der Waals surface area (Å²) in [6, 6.07) is 0.